The largest absolute Gasteiger partial charge is 0.386 e. The molecule has 148 valence electrons. The minimum Gasteiger partial charge on any atom is -0.386 e. The molecule has 4 rings (SSSR count). The Morgan fingerprint density at radius 3 is 2.54 bits per heavy atom. The third kappa shape index (κ3) is 2.78. The zero-order chi connectivity index (χ0) is 20.5. The minimum atomic E-state index is -3.42. The van der Waals surface area contributed by atoms with Crippen molar-refractivity contribution in [3.63, 3.8) is 0 Å². The van der Waals surface area contributed by atoms with E-state index in [0.717, 1.165) is 31.8 Å². The number of thiophene rings is 1. The van der Waals surface area contributed by atoms with Crippen molar-refractivity contribution >= 4 is 37.1 Å². The first-order valence-electron chi connectivity index (χ1n) is 9.06. The lowest BCUT2D eigenvalue weighted by atomic mass is 9.93. The lowest BCUT2D eigenvalue weighted by Crippen LogP contribution is -2.54. The number of hydrogen-bond acceptors (Lipinski definition) is 6. The van der Waals surface area contributed by atoms with Gasteiger partial charge in [0, 0.05) is 28.4 Å². The highest BCUT2D eigenvalue weighted by Gasteiger charge is 2.48. The van der Waals surface area contributed by atoms with Crippen LogP contribution in [0.5, 0.6) is 0 Å². The molecule has 1 aromatic carbocycles. The number of benzene rings is 1. The molecule has 1 atom stereocenters. The van der Waals surface area contributed by atoms with Crippen LogP contribution in [0.4, 0.5) is 0 Å². The fourth-order valence-electron chi connectivity index (χ4n) is 3.63. The Kier molecular flexibility index (Phi) is 4.04. The SMILES string of the molecule is Cc1nn(C)cc1-c1cc2ccc([C@]3(C)CS(=O)(=O)C(C)(C)C(N)=N3)cc2s1. The van der Waals surface area contributed by atoms with E-state index in [-0.39, 0.29) is 11.6 Å². The van der Waals surface area contributed by atoms with Crippen molar-refractivity contribution in [1.29, 1.82) is 0 Å². The van der Waals surface area contributed by atoms with Gasteiger partial charge in [-0.1, -0.05) is 12.1 Å². The van der Waals surface area contributed by atoms with Crippen molar-refractivity contribution in [2.45, 2.75) is 38.0 Å². The smallest absolute Gasteiger partial charge is 0.165 e. The molecular formula is C20H24N4O2S2. The zero-order valence-corrected chi connectivity index (χ0v) is 18.3. The van der Waals surface area contributed by atoms with Crippen LogP contribution in [0.15, 0.2) is 35.5 Å². The van der Waals surface area contributed by atoms with Crippen molar-refractivity contribution in [2.75, 3.05) is 5.75 Å². The van der Waals surface area contributed by atoms with Crippen molar-refractivity contribution in [3.05, 3.63) is 41.7 Å². The van der Waals surface area contributed by atoms with Crippen LogP contribution in [0.2, 0.25) is 0 Å². The maximum absolute atomic E-state index is 12.8. The predicted molar refractivity (Wildman–Crippen MR) is 116 cm³/mol. The molecule has 0 fully saturated rings. The second-order valence-electron chi connectivity index (χ2n) is 8.21. The van der Waals surface area contributed by atoms with Crippen LogP contribution in [0, 0.1) is 6.92 Å². The highest BCUT2D eigenvalue weighted by molar-refractivity contribution is 7.93. The van der Waals surface area contributed by atoms with Gasteiger partial charge in [-0.25, -0.2) is 8.42 Å². The van der Waals surface area contributed by atoms with Crippen LogP contribution in [0.25, 0.3) is 20.5 Å². The number of nitrogens with zero attached hydrogens (tertiary/aromatic N) is 3. The lowest BCUT2D eigenvalue weighted by Gasteiger charge is -2.37. The molecule has 0 spiro atoms. The number of rotatable bonds is 2. The lowest BCUT2D eigenvalue weighted by molar-refractivity contribution is 0.501. The van der Waals surface area contributed by atoms with Gasteiger partial charge < -0.3 is 5.73 Å². The number of amidine groups is 1. The van der Waals surface area contributed by atoms with E-state index >= 15 is 0 Å². The Hall–Kier alpha value is -2.19. The van der Waals surface area contributed by atoms with Gasteiger partial charge in [-0.15, -0.1) is 11.3 Å². The Morgan fingerprint density at radius 1 is 1.21 bits per heavy atom. The van der Waals surface area contributed by atoms with E-state index in [1.165, 1.54) is 0 Å². The number of sulfone groups is 1. The molecular weight excluding hydrogens is 392 g/mol. The first kappa shape index (κ1) is 19.1. The van der Waals surface area contributed by atoms with Crippen LogP contribution in [-0.2, 0) is 22.4 Å². The van der Waals surface area contributed by atoms with Gasteiger partial charge in [-0.05, 0) is 50.8 Å². The molecule has 0 saturated heterocycles. The van der Waals surface area contributed by atoms with Gasteiger partial charge in [0.25, 0.3) is 0 Å². The van der Waals surface area contributed by atoms with E-state index in [0.29, 0.717) is 0 Å². The fourth-order valence-corrected chi connectivity index (χ4v) is 6.49. The molecule has 3 heterocycles. The van der Waals surface area contributed by atoms with E-state index in [9.17, 15) is 8.42 Å². The summed E-state index contributed by atoms with van der Waals surface area (Å²) in [6.45, 7) is 7.07. The van der Waals surface area contributed by atoms with Gasteiger partial charge in [-0.3, -0.25) is 9.67 Å². The molecule has 0 aliphatic carbocycles. The van der Waals surface area contributed by atoms with Crippen LogP contribution in [-0.4, -0.2) is 34.5 Å². The molecule has 0 amide bonds. The van der Waals surface area contributed by atoms with Crippen molar-refractivity contribution < 1.29 is 8.42 Å². The maximum atomic E-state index is 12.8. The van der Waals surface area contributed by atoms with E-state index in [4.69, 9.17) is 5.73 Å². The van der Waals surface area contributed by atoms with Gasteiger partial charge in [0.1, 0.15) is 10.6 Å². The number of aliphatic imine (C=N–C) groups is 1. The number of aryl methyl sites for hydroxylation is 2. The Balaban J connectivity index is 1.82. The summed E-state index contributed by atoms with van der Waals surface area (Å²) in [4.78, 5) is 5.77. The molecule has 0 saturated carbocycles. The molecule has 0 radical (unpaired) electrons. The number of hydrogen-bond donors (Lipinski definition) is 1. The van der Waals surface area contributed by atoms with Crippen LogP contribution >= 0.6 is 11.3 Å². The molecule has 8 heteroatoms. The molecule has 0 bridgehead atoms. The van der Waals surface area contributed by atoms with Crippen LogP contribution < -0.4 is 5.73 Å². The highest BCUT2D eigenvalue weighted by Crippen LogP contribution is 2.40. The average molecular weight is 417 g/mol. The maximum Gasteiger partial charge on any atom is 0.165 e. The average Bonchev–Trinajstić information content (AvgIpc) is 3.14. The quantitative estimate of drug-likeness (QED) is 0.693. The van der Waals surface area contributed by atoms with Crippen molar-refractivity contribution in [3.8, 4) is 10.4 Å². The highest BCUT2D eigenvalue weighted by atomic mass is 32.2. The summed E-state index contributed by atoms with van der Waals surface area (Å²) in [6, 6.07) is 8.17. The number of fused-ring (bicyclic) bond motifs is 1. The van der Waals surface area contributed by atoms with Crippen molar-refractivity contribution in [2.24, 2.45) is 17.8 Å². The van der Waals surface area contributed by atoms with E-state index < -0.39 is 20.1 Å². The first-order valence-corrected chi connectivity index (χ1v) is 11.5. The Morgan fingerprint density at radius 2 is 1.93 bits per heavy atom. The van der Waals surface area contributed by atoms with Gasteiger partial charge >= 0.3 is 0 Å². The van der Waals surface area contributed by atoms with Crippen LogP contribution in [0.1, 0.15) is 32.0 Å². The summed E-state index contributed by atoms with van der Waals surface area (Å²) in [6.07, 6.45) is 2.02. The molecule has 28 heavy (non-hydrogen) atoms. The summed E-state index contributed by atoms with van der Waals surface area (Å²) in [5.74, 6) is 0.110. The molecule has 0 unspecified atom stereocenters. The zero-order valence-electron chi connectivity index (χ0n) is 16.6. The monoisotopic (exact) mass is 416 g/mol. The third-order valence-corrected chi connectivity index (χ3v) is 9.49. The molecule has 6 nitrogen and oxygen atoms in total. The third-order valence-electron chi connectivity index (χ3n) is 5.65. The molecule has 1 aliphatic rings. The van der Waals surface area contributed by atoms with Crippen molar-refractivity contribution in [1.82, 2.24) is 9.78 Å². The van der Waals surface area contributed by atoms with E-state index in [1.807, 2.05) is 50.0 Å². The summed E-state index contributed by atoms with van der Waals surface area (Å²) in [5, 5.41) is 5.54. The normalized spacial score (nSPS) is 23.7. The number of aromatic nitrogens is 2. The first-order chi connectivity index (χ1) is 12.9. The van der Waals surface area contributed by atoms with E-state index in [1.54, 1.807) is 25.2 Å². The summed E-state index contributed by atoms with van der Waals surface area (Å²) >= 11 is 1.67. The topological polar surface area (TPSA) is 90.3 Å². The molecule has 3 aromatic rings. The van der Waals surface area contributed by atoms with Gasteiger partial charge in [0.2, 0.25) is 0 Å². The van der Waals surface area contributed by atoms with Crippen LogP contribution in [0.3, 0.4) is 0 Å². The Labute approximate surface area is 169 Å². The van der Waals surface area contributed by atoms with E-state index in [2.05, 4.69) is 16.2 Å². The predicted octanol–water partition coefficient (Wildman–Crippen LogP) is 3.39. The van der Waals surface area contributed by atoms with Gasteiger partial charge in [0.05, 0.1) is 17.0 Å². The fraction of sp³-hybridized carbons (Fsp3) is 0.400. The summed E-state index contributed by atoms with van der Waals surface area (Å²) in [5.41, 5.74) is 8.15. The number of nitrogens with two attached hydrogens (primary N) is 1. The summed E-state index contributed by atoms with van der Waals surface area (Å²) in [7, 11) is -1.51. The Bertz CT molecular complexity index is 1230. The summed E-state index contributed by atoms with van der Waals surface area (Å²) < 4.78 is 27.4. The second-order valence-corrected chi connectivity index (χ2v) is 11.8. The second kappa shape index (κ2) is 5.90. The van der Waals surface area contributed by atoms with Gasteiger partial charge in [-0.2, -0.15) is 5.10 Å². The van der Waals surface area contributed by atoms with Gasteiger partial charge in [0.15, 0.2) is 9.84 Å². The molecule has 2 aromatic heterocycles. The molecule has 1 aliphatic heterocycles. The molecule has 2 N–H and O–H groups in total. The minimum absolute atomic E-state index is 0.0564. The standard InChI is InChI=1S/C20H24N4O2S2/c1-12-15(10-24(5)23-12)17-8-13-6-7-14(9-16(13)27-17)20(4)11-28(25,26)19(2,3)18(21)22-20/h6-10H,11H2,1-5H3,(H2,21,22)/t20-/m0/s1.